The van der Waals surface area contributed by atoms with E-state index in [1.54, 1.807) is 22.7 Å². The summed E-state index contributed by atoms with van der Waals surface area (Å²) in [5.74, 6) is -0.240. The van der Waals surface area contributed by atoms with Crippen molar-refractivity contribution < 1.29 is 4.79 Å². The molecule has 3 nitrogen and oxygen atoms in total. The minimum atomic E-state index is -0.240. The van der Waals surface area contributed by atoms with Crippen LogP contribution in [0.25, 0.3) is 11.1 Å². The second-order valence-corrected chi connectivity index (χ2v) is 5.14. The molecular weight excluding hydrogens is 252 g/mol. The molecule has 3 rings (SSSR count). The van der Waals surface area contributed by atoms with Crippen LogP contribution < -0.4 is 0 Å². The van der Waals surface area contributed by atoms with Crippen molar-refractivity contribution in [2.75, 3.05) is 6.54 Å². The van der Waals surface area contributed by atoms with Crippen LogP contribution in [0.4, 0.5) is 0 Å². The van der Waals surface area contributed by atoms with Gasteiger partial charge in [-0.2, -0.15) is 27.8 Å². The van der Waals surface area contributed by atoms with Crippen molar-refractivity contribution in [3.63, 3.8) is 0 Å². The maximum Gasteiger partial charge on any atom is 0.296 e. The Balaban J connectivity index is 2.19. The number of hydrogen-bond donors (Lipinski definition) is 0. The van der Waals surface area contributed by atoms with Gasteiger partial charge in [-0.3, -0.25) is 4.79 Å². The van der Waals surface area contributed by atoms with Crippen molar-refractivity contribution in [1.29, 1.82) is 0 Å². The van der Waals surface area contributed by atoms with Gasteiger partial charge in [-0.1, -0.05) is 0 Å². The molecule has 0 bridgehead atoms. The molecule has 0 aliphatic carbocycles. The lowest BCUT2D eigenvalue weighted by Crippen LogP contribution is -2.07. The molecule has 84 valence electrons. The Morgan fingerprint density at radius 3 is 2.41 bits per heavy atom. The highest BCUT2D eigenvalue weighted by molar-refractivity contribution is 7.08. The highest BCUT2D eigenvalue weighted by Gasteiger charge is 2.22. The van der Waals surface area contributed by atoms with Crippen molar-refractivity contribution in [3.8, 4) is 0 Å². The van der Waals surface area contributed by atoms with Crippen molar-refractivity contribution in [2.45, 2.75) is 0 Å². The monoisotopic (exact) mass is 260 g/mol. The largest absolute Gasteiger partial charge is 0.296 e. The van der Waals surface area contributed by atoms with E-state index in [2.05, 4.69) is 10.2 Å². The topological polar surface area (TPSA) is 41.8 Å². The Morgan fingerprint density at radius 1 is 1.06 bits per heavy atom. The van der Waals surface area contributed by atoms with Gasteiger partial charge in [0.05, 0.1) is 12.1 Å². The third-order valence-electron chi connectivity index (χ3n) is 2.59. The quantitative estimate of drug-likeness (QED) is 0.811. The number of amides is 1. The molecule has 3 heterocycles. The number of carbonyl (C=O) groups excluding carboxylic acids is 1. The molecule has 0 saturated carbocycles. The molecule has 1 aliphatic heterocycles. The van der Waals surface area contributed by atoms with Gasteiger partial charge in [0, 0.05) is 0 Å². The molecule has 17 heavy (non-hydrogen) atoms. The molecule has 1 aliphatic rings. The molecule has 0 spiro atoms. The van der Waals surface area contributed by atoms with E-state index in [0.717, 1.165) is 16.7 Å². The van der Waals surface area contributed by atoms with Crippen LogP contribution >= 0.6 is 22.7 Å². The summed E-state index contributed by atoms with van der Waals surface area (Å²) in [6.45, 7) is 0.480. The Kier molecular flexibility index (Phi) is 2.70. The predicted molar refractivity (Wildman–Crippen MR) is 70.2 cm³/mol. The van der Waals surface area contributed by atoms with Crippen LogP contribution in [-0.4, -0.2) is 12.5 Å². The summed E-state index contributed by atoms with van der Waals surface area (Å²) in [5, 5.41) is 15.5. The summed E-state index contributed by atoms with van der Waals surface area (Å²) in [6, 6.07) is 3.96. The van der Waals surface area contributed by atoms with Crippen molar-refractivity contribution in [3.05, 3.63) is 44.8 Å². The average Bonchev–Trinajstić information content (AvgIpc) is 3.02. The van der Waals surface area contributed by atoms with E-state index in [0.29, 0.717) is 12.1 Å². The predicted octanol–water partition coefficient (Wildman–Crippen LogP) is 3.71. The first kappa shape index (κ1) is 10.6. The third-order valence-corrected chi connectivity index (χ3v) is 3.95. The fraction of sp³-hybridized carbons (Fsp3) is 0.0833. The van der Waals surface area contributed by atoms with E-state index >= 15 is 0 Å². The molecule has 5 heteroatoms. The highest BCUT2D eigenvalue weighted by Crippen LogP contribution is 2.32. The number of thiophene rings is 2. The third kappa shape index (κ3) is 1.87. The highest BCUT2D eigenvalue weighted by atomic mass is 32.1. The van der Waals surface area contributed by atoms with E-state index in [-0.39, 0.29) is 5.91 Å². The molecule has 0 radical (unpaired) electrons. The van der Waals surface area contributed by atoms with Crippen LogP contribution in [0, 0.1) is 0 Å². The molecule has 0 N–H and O–H groups in total. The SMILES string of the molecule is O=C1N=NCC(c2ccsc2)=C1c1ccsc1. The number of hydrogen-bond acceptors (Lipinski definition) is 4. The van der Waals surface area contributed by atoms with Crippen LogP contribution in [0.5, 0.6) is 0 Å². The molecule has 2 aromatic rings. The summed E-state index contributed by atoms with van der Waals surface area (Å²) >= 11 is 3.20. The van der Waals surface area contributed by atoms with E-state index in [1.807, 2.05) is 33.7 Å². The summed E-state index contributed by atoms with van der Waals surface area (Å²) < 4.78 is 0. The van der Waals surface area contributed by atoms with Crippen LogP contribution in [-0.2, 0) is 4.79 Å². The Hall–Kier alpha value is -1.59. The molecule has 1 amide bonds. The van der Waals surface area contributed by atoms with E-state index in [9.17, 15) is 4.79 Å². The van der Waals surface area contributed by atoms with Gasteiger partial charge in [0.25, 0.3) is 5.91 Å². The normalized spacial score (nSPS) is 15.6. The fourth-order valence-corrected chi connectivity index (χ4v) is 3.12. The van der Waals surface area contributed by atoms with Gasteiger partial charge < -0.3 is 0 Å². The van der Waals surface area contributed by atoms with Gasteiger partial charge in [-0.15, -0.1) is 5.11 Å². The van der Waals surface area contributed by atoms with Crippen molar-refractivity contribution in [1.82, 2.24) is 0 Å². The minimum Gasteiger partial charge on any atom is -0.265 e. The Labute approximate surface area is 106 Å². The maximum atomic E-state index is 11.9. The summed E-state index contributed by atoms with van der Waals surface area (Å²) in [4.78, 5) is 11.9. The van der Waals surface area contributed by atoms with Crippen molar-refractivity contribution in [2.24, 2.45) is 10.2 Å². The lowest BCUT2D eigenvalue weighted by molar-refractivity contribution is -0.113. The number of azo groups is 1. The van der Waals surface area contributed by atoms with Gasteiger partial charge in [-0.25, -0.2) is 0 Å². The smallest absolute Gasteiger partial charge is 0.265 e. The zero-order chi connectivity index (χ0) is 11.7. The van der Waals surface area contributed by atoms with Crippen LogP contribution in [0.2, 0.25) is 0 Å². The summed E-state index contributed by atoms with van der Waals surface area (Å²) in [5.41, 5.74) is 3.69. The minimum absolute atomic E-state index is 0.240. The Morgan fingerprint density at radius 2 is 1.76 bits per heavy atom. The molecule has 2 aromatic heterocycles. The lowest BCUT2D eigenvalue weighted by Gasteiger charge is -2.12. The first-order valence-corrected chi connectivity index (χ1v) is 6.95. The molecule has 0 aromatic carbocycles. The summed E-state index contributed by atoms with van der Waals surface area (Å²) in [7, 11) is 0. The fourth-order valence-electron chi connectivity index (χ4n) is 1.80. The van der Waals surface area contributed by atoms with E-state index in [1.165, 1.54) is 0 Å². The molecular formula is C12H8N2OS2. The van der Waals surface area contributed by atoms with E-state index in [4.69, 9.17) is 0 Å². The second-order valence-electron chi connectivity index (χ2n) is 3.58. The van der Waals surface area contributed by atoms with Crippen LogP contribution in [0.1, 0.15) is 11.1 Å². The van der Waals surface area contributed by atoms with Gasteiger partial charge in [0.2, 0.25) is 0 Å². The number of nitrogens with zero attached hydrogens (tertiary/aromatic N) is 2. The van der Waals surface area contributed by atoms with Gasteiger partial charge in [-0.05, 0) is 50.4 Å². The lowest BCUT2D eigenvalue weighted by atomic mass is 9.97. The van der Waals surface area contributed by atoms with Crippen LogP contribution in [0.3, 0.4) is 0 Å². The molecule has 0 atom stereocenters. The van der Waals surface area contributed by atoms with Gasteiger partial charge >= 0.3 is 0 Å². The average molecular weight is 260 g/mol. The van der Waals surface area contributed by atoms with E-state index < -0.39 is 0 Å². The molecule has 0 saturated heterocycles. The van der Waals surface area contributed by atoms with Gasteiger partial charge in [0.1, 0.15) is 0 Å². The second kappa shape index (κ2) is 4.35. The zero-order valence-electron chi connectivity index (χ0n) is 8.79. The first-order chi connectivity index (χ1) is 8.36. The van der Waals surface area contributed by atoms with Crippen molar-refractivity contribution >= 4 is 39.7 Å². The van der Waals surface area contributed by atoms with Crippen LogP contribution in [0.15, 0.2) is 43.9 Å². The number of rotatable bonds is 2. The Bertz CT molecular complexity index is 595. The summed E-state index contributed by atoms with van der Waals surface area (Å²) in [6.07, 6.45) is 0. The number of carbonyl (C=O) groups is 1. The zero-order valence-corrected chi connectivity index (χ0v) is 10.4. The standard InChI is InChI=1S/C12H8N2OS2/c15-12-11(9-2-4-17-7-9)10(5-13-14-12)8-1-3-16-6-8/h1-4,6-7H,5H2. The first-order valence-electron chi connectivity index (χ1n) is 5.06. The molecule has 0 unspecified atom stereocenters. The maximum absolute atomic E-state index is 11.9. The van der Waals surface area contributed by atoms with Gasteiger partial charge in [0.15, 0.2) is 0 Å². The molecule has 0 fully saturated rings.